The maximum Gasteiger partial charge on any atom is 0.138 e. The van der Waals surface area contributed by atoms with Crippen molar-refractivity contribution >= 4 is 27.4 Å². The van der Waals surface area contributed by atoms with Gasteiger partial charge in [-0.3, -0.25) is 0 Å². The molecule has 112 valence electrons. The first-order chi connectivity index (χ1) is 10.4. The molecular weight excluding hydrogens is 282 g/mol. The highest BCUT2D eigenvalue weighted by Crippen LogP contribution is 2.45. The number of aryl methyl sites for hydroxylation is 1. The van der Waals surface area contributed by atoms with E-state index in [2.05, 4.69) is 15.3 Å². The van der Waals surface area contributed by atoms with Crippen LogP contribution in [0.1, 0.15) is 54.9 Å². The summed E-state index contributed by atoms with van der Waals surface area (Å²) in [4.78, 5) is 11.4. The molecule has 2 aliphatic rings. The smallest absolute Gasteiger partial charge is 0.138 e. The Labute approximate surface area is 128 Å². The summed E-state index contributed by atoms with van der Waals surface area (Å²) in [6, 6.07) is 0.543. The molecule has 5 heteroatoms. The number of fused-ring (bicyclic) bond motifs is 3. The van der Waals surface area contributed by atoms with Crippen LogP contribution < -0.4 is 5.32 Å². The lowest BCUT2D eigenvalue weighted by molar-refractivity contribution is 0.265. The molecule has 1 saturated carbocycles. The van der Waals surface area contributed by atoms with Crippen LogP contribution >= 0.6 is 11.3 Å². The standard InChI is InChI=1S/C16H21N3OS/c20-8-10-6-7-12-13(10)14-15(17-9-18-16(14)21-12)19-11-4-2-1-3-5-11/h9-11,20H,1-8H2,(H,17,18,19). The number of nitrogens with one attached hydrogen (secondary N) is 1. The summed E-state index contributed by atoms with van der Waals surface area (Å²) >= 11 is 1.78. The van der Waals surface area contributed by atoms with Gasteiger partial charge in [-0.15, -0.1) is 11.3 Å². The molecule has 4 rings (SSSR count). The Bertz CT molecular complexity index is 648. The van der Waals surface area contributed by atoms with Gasteiger partial charge in [-0.25, -0.2) is 9.97 Å². The molecule has 0 bridgehead atoms. The highest BCUT2D eigenvalue weighted by atomic mass is 32.1. The summed E-state index contributed by atoms with van der Waals surface area (Å²) in [6.45, 7) is 0.233. The van der Waals surface area contributed by atoms with Crippen LogP contribution in [0.2, 0.25) is 0 Å². The maximum absolute atomic E-state index is 9.65. The lowest BCUT2D eigenvalue weighted by Crippen LogP contribution is -2.23. The summed E-state index contributed by atoms with van der Waals surface area (Å²) in [7, 11) is 0. The molecule has 2 heterocycles. The summed E-state index contributed by atoms with van der Waals surface area (Å²) < 4.78 is 0. The minimum Gasteiger partial charge on any atom is -0.396 e. The first kappa shape index (κ1) is 13.5. The van der Waals surface area contributed by atoms with Gasteiger partial charge < -0.3 is 10.4 Å². The molecule has 2 aromatic heterocycles. The number of aliphatic hydroxyl groups is 1. The number of hydrogen-bond donors (Lipinski definition) is 2. The van der Waals surface area contributed by atoms with Gasteiger partial charge in [0, 0.05) is 16.8 Å². The number of aromatic nitrogens is 2. The average Bonchev–Trinajstić information content (AvgIpc) is 3.07. The lowest BCUT2D eigenvalue weighted by atomic mass is 9.95. The van der Waals surface area contributed by atoms with Gasteiger partial charge in [0.25, 0.3) is 0 Å². The van der Waals surface area contributed by atoms with E-state index in [1.165, 1.54) is 47.9 Å². The number of aliphatic hydroxyl groups excluding tert-OH is 1. The third-order valence-corrected chi connectivity index (χ3v) is 6.07. The van der Waals surface area contributed by atoms with Gasteiger partial charge in [0.15, 0.2) is 0 Å². The molecule has 0 amide bonds. The molecule has 1 fully saturated rings. The van der Waals surface area contributed by atoms with E-state index in [1.54, 1.807) is 17.7 Å². The fraction of sp³-hybridized carbons (Fsp3) is 0.625. The van der Waals surface area contributed by atoms with Gasteiger partial charge in [-0.2, -0.15) is 0 Å². The van der Waals surface area contributed by atoms with Crippen LogP contribution in [-0.4, -0.2) is 27.7 Å². The van der Waals surface area contributed by atoms with Crippen molar-refractivity contribution in [1.29, 1.82) is 0 Å². The van der Waals surface area contributed by atoms with E-state index in [0.29, 0.717) is 6.04 Å². The highest BCUT2D eigenvalue weighted by Gasteiger charge is 2.29. The molecule has 0 spiro atoms. The van der Waals surface area contributed by atoms with Crippen molar-refractivity contribution in [2.24, 2.45) is 0 Å². The molecule has 0 aromatic carbocycles. The van der Waals surface area contributed by atoms with Gasteiger partial charge in [-0.05, 0) is 31.2 Å². The number of nitrogens with zero attached hydrogens (tertiary/aromatic N) is 2. The first-order valence-corrected chi connectivity index (χ1v) is 8.82. The van der Waals surface area contributed by atoms with Crippen LogP contribution in [0.5, 0.6) is 0 Å². The summed E-state index contributed by atoms with van der Waals surface area (Å²) in [5, 5.41) is 14.5. The second-order valence-electron chi connectivity index (χ2n) is 6.24. The zero-order valence-corrected chi connectivity index (χ0v) is 13.0. The van der Waals surface area contributed by atoms with Gasteiger partial charge in [0.05, 0.1) is 12.0 Å². The summed E-state index contributed by atoms with van der Waals surface area (Å²) in [6.07, 6.45) is 10.3. The van der Waals surface area contributed by atoms with Crippen LogP contribution in [0.4, 0.5) is 5.82 Å². The Morgan fingerprint density at radius 2 is 2.05 bits per heavy atom. The second kappa shape index (κ2) is 5.54. The maximum atomic E-state index is 9.65. The third-order valence-electron chi connectivity index (χ3n) is 4.90. The van der Waals surface area contributed by atoms with E-state index in [4.69, 9.17) is 0 Å². The Morgan fingerprint density at radius 3 is 2.86 bits per heavy atom. The third kappa shape index (κ3) is 2.32. The molecule has 4 nitrogen and oxygen atoms in total. The van der Waals surface area contributed by atoms with E-state index in [1.807, 2.05) is 0 Å². The quantitative estimate of drug-likeness (QED) is 0.911. The lowest BCUT2D eigenvalue weighted by Gasteiger charge is -2.23. The number of hydrogen-bond acceptors (Lipinski definition) is 5. The van der Waals surface area contributed by atoms with Crippen molar-refractivity contribution < 1.29 is 5.11 Å². The van der Waals surface area contributed by atoms with Crippen LogP contribution in [0.3, 0.4) is 0 Å². The van der Waals surface area contributed by atoms with E-state index in [0.717, 1.165) is 23.5 Å². The fourth-order valence-electron chi connectivity index (χ4n) is 3.80. The molecular formula is C16H21N3OS. The molecule has 0 saturated heterocycles. The van der Waals surface area contributed by atoms with Gasteiger partial charge in [-0.1, -0.05) is 19.3 Å². The normalized spacial score (nSPS) is 22.6. The van der Waals surface area contributed by atoms with E-state index in [-0.39, 0.29) is 12.5 Å². The van der Waals surface area contributed by atoms with E-state index in [9.17, 15) is 5.11 Å². The molecule has 2 N–H and O–H groups in total. The molecule has 2 aliphatic carbocycles. The van der Waals surface area contributed by atoms with Crippen molar-refractivity contribution in [3.63, 3.8) is 0 Å². The van der Waals surface area contributed by atoms with E-state index >= 15 is 0 Å². The van der Waals surface area contributed by atoms with E-state index < -0.39 is 0 Å². The topological polar surface area (TPSA) is 58.0 Å². The first-order valence-electron chi connectivity index (χ1n) is 8.00. The summed E-state index contributed by atoms with van der Waals surface area (Å²) in [5.41, 5.74) is 1.32. The van der Waals surface area contributed by atoms with Crippen LogP contribution in [0.25, 0.3) is 10.2 Å². The largest absolute Gasteiger partial charge is 0.396 e. The number of rotatable bonds is 3. The van der Waals surface area contributed by atoms with Crippen LogP contribution in [0.15, 0.2) is 6.33 Å². The fourth-order valence-corrected chi connectivity index (χ4v) is 5.04. The molecule has 0 radical (unpaired) electrons. The predicted molar refractivity (Wildman–Crippen MR) is 86.1 cm³/mol. The minimum atomic E-state index is 0.233. The Kier molecular flexibility index (Phi) is 3.55. The molecule has 1 unspecified atom stereocenters. The van der Waals surface area contributed by atoms with Crippen molar-refractivity contribution in [3.05, 3.63) is 16.8 Å². The van der Waals surface area contributed by atoms with Crippen molar-refractivity contribution in [1.82, 2.24) is 9.97 Å². The zero-order valence-electron chi connectivity index (χ0n) is 12.1. The average molecular weight is 303 g/mol. The van der Waals surface area contributed by atoms with Gasteiger partial charge in [0.2, 0.25) is 0 Å². The van der Waals surface area contributed by atoms with Crippen molar-refractivity contribution in [2.75, 3.05) is 11.9 Å². The van der Waals surface area contributed by atoms with Gasteiger partial charge in [0.1, 0.15) is 17.0 Å². The molecule has 21 heavy (non-hydrogen) atoms. The Balaban J connectivity index is 1.74. The van der Waals surface area contributed by atoms with Crippen LogP contribution in [-0.2, 0) is 6.42 Å². The number of thiophene rings is 1. The predicted octanol–water partition coefficient (Wildman–Crippen LogP) is 3.46. The Morgan fingerprint density at radius 1 is 1.19 bits per heavy atom. The second-order valence-corrected chi connectivity index (χ2v) is 7.32. The highest BCUT2D eigenvalue weighted by molar-refractivity contribution is 7.19. The Hall–Kier alpha value is -1.20. The minimum absolute atomic E-state index is 0.233. The molecule has 1 atom stereocenters. The zero-order chi connectivity index (χ0) is 14.2. The number of anilines is 1. The van der Waals surface area contributed by atoms with Crippen LogP contribution in [0, 0.1) is 0 Å². The molecule has 2 aromatic rings. The monoisotopic (exact) mass is 303 g/mol. The SMILES string of the molecule is OCC1CCc2sc3ncnc(NC4CCCCC4)c3c21. The summed E-state index contributed by atoms with van der Waals surface area (Å²) in [5.74, 6) is 1.26. The van der Waals surface area contributed by atoms with Crippen molar-refractivity contribution in [2.45, 2.75) is 56.9 Å². The van der Waals surface area contributed by atoms with Crippen molar-refractivity contribution in [3.8, 4) is 0 Å². The van der Waals surface area contributed by atoms with Gasteiger partial charge >= 0.3 is 0 Å². The molecule has 0 aliphatic heterocycles.